The van der Waals surface area contributed by atoms with E-state index in [4.69, 9.17) is 0 Å². The number of hydrogen-bond donors (Lipinski definition) is 0. The van der Waals surface area contributed by atoms with E-state index < -0.39 is 0 Å². The third-order valence-corrected chi connectivity index (χ3v) is 4.36. The van der Waals surface area contributed by atoms with Gasteiger partial charge in [0.15, 0.2) is 0 Å². The summed E-state index contributed by atoms with van der Waals surface area (Å²) in [6, 6.07) is 0. The summed E-state index contributed by atoms with van der Waals surface area (Å²) >= 11 is 0. The number of piperidine rings is 1. The molecule has 1 aliphatic carbocycles. The maximum absolute atomic E-state index is 2.77. The Labute approximate surface area is 88.9 Å². The summed E-state index contributed by atoms with van der Waals surface area (Å²) < 4.78 is 0. The van der Waals surface area contributed by atoms with Crippen LogP contribution in [0.4, 0.5) is 0 Å². The zero-order valence-electron chi connectivity index (χ0n) is 10.6. The maximum atomic E-state index is 2.77. The van der Waals surface area contributed by atoms with E-state index in [1.165, 1.54) is 19.4 Å². The highest BCUT2D eigenvalue weighted by Gasteiger charge is 2.68. The van der Waals surface area contributed by atoms with Crippen LogP contribution in [0.5, 0.6) is 0 Å². The van der Waals surface area contributed by atoms with Crippen LogP contribution in [0, 0.1) is 11.3 Å². The maximum Gasteiger partial charge on any atom is 0.0295 e. The molecule has 0 spiro atoms. The van der Waals surface area contributed by atoms with Gasteiger partial charge in [-0.15, -0.1) is 0 Å². The first kappa shape index (κ1) is 10.5. The van der Waals surface area contributed by atoms with Gasteiger partial charge in [0.25, 0.3) is 0 Å². The number of hydrogen-bond acceptors (Lipinski definition) is 1. The average Bonchev–Trinajstić information content (AvgIpc) is 2.54. The van der Waals surface area contributed by atoms with Gasteiger partial charge in [-0.1, -0.05) is 20.8 Å². The molecule has 0 aromatic carbocycles. The Morgan fingerprint density at radius 3 is 1.93 bits per heavy atom. The molecule has 2 rings (SSSR count). The van der Waals surface area contributed by atoms with Gasteiger partial charge in [0, 0.05) is 11.1 Å². The summed E-state index contributed by atoms with van der Waals surface area (Å²) in [5.74, 6) is 0.988. The molecule has 2 fully saturated rings. The lowest BCUT2D eigenvalue weighted by molar-refractivity contribution is 0.0236. The Morgan fingerprint density at radius 2 is 1.64 bits per heavy atom. The Bertz CT molecular complexity index is 243. The summed E-state index contributed by atoms with van der Waals surface area (Å²) in [6.45, 7) is 15.6. The van der Waals surface area contributed by atoms with Crippen LogP contribution in [0.15, 0.2) is 0 Å². The molecular formula is C13H25N. The number of fused-ring (bicyclic) bond motifs is 1. The van der Waals surface area contributed by atoms with Gasteiger partial charge in [0.2, 0.25) is 0 Å². The summed E-state index contributed by atoms with van der Waals surface area (Å²) in [5, 5.41) is 0. The molecule has 1 aliphatic heterocycles. The Morgan fingerprint density at radius 1 is 1.07 bits per heavy atom. The van der Waals surface area contributed by atoms with E-state index in [-0.39, 0.29) is 0 Å². The fraction of sp³-hybridized carbons (Fsp3) is 1.00. The van der Waals surface area contributed by atoms with Crippen molar-refractivity contribution in [3.05, 3.63) is 0 Å². The minimum atomic E-state index is 0.346. The van der Waals surface area contributed by atoms with Crippen LogP contribution in [0.2, 0.25) is 0 Å². The molecule has 0 aromatic heterocycles. The van der Waals surface area contributed by atoms with E-state index in [1.54, 1.807) is 0 Å². The topological polar surface area (TPSA) is 3.24 Å². The molecule has 1 saturated heterocycles. The molecule has 0 aromatic rings. The van der Waals surface area contributed by atoms with Gasteiger partial charge in [-0.05, 0) is 51.5 Å². The van der Waals surface area contributed by atoms with Gasteiger partial charge >= 0.3 is 0 Å². The van der Waals surface area contributed by atoms with Gasteiger partial charge in [-0.25, -0.2) is 0 Å². The van der Waals surface area contributed by atoms with Crippen LogP contribution in [-0.2, 0) is 0 Å². The van der Waals surface area contributed by atoms with Gasteiger partial charge in [0.1, 0.15) is 0 Å². The Balaban J connectivity index is 2.29. The third-order valence-electron chi connectivity index (χ3n) is 4.36. The second-order valence-corrected chi connectivity index (χ2v) is 7.19. The van der Waals surface area contributed by atoms with Crippen molar-refractivity contribution in [3.63, 3.8) is 0 Å². The molecule has 0 N–H and O–H groups in total. The van der Waals surface area contributed by atoms with Crippen LogP contribution in [0.25, 0.3) is 0 Å². The molecule has 0 bridgehead atoms. The largest absolute Gasteiger partial charge is 0.292 e. The van der Waals surface area contributed by atoms with Crippen LogP contribution in [-0.4, -0.2) is 22.5 Å². The van der Waals surface area contributed by atoms with E-state index in [0.29, 0.717) is 16.5 Å². The Kier molecular flexibility index (Phi) is 1.91. The van der Waals surface area contributed by atoms with Crippen LogP contribution in [0.1, 0.15) is 54.4 Å². The lowest BCUT2D eigenvalue weighted by Crippen LogP contribution is -2.53. The average molecular weight is 195 g/mol. The lowest BCUT2D eigenvalue weighted by Gasteiger charge is -2.46. The van der Waals surface area contributed by atoms with Crippen molar-refractivity contribution in [1.82, 2.24) is 4.90 Å². The van der Waals surface area contributed by atoms with E-state index >= 15 is 0 Å². The molecule has 1 heteroatoms. The number of rotatable bonds is 0. The van der Waals surface area contributed by atoms with Gasteiger partial charge in [0.05, 0.1) is 0 Å². The van der Waals surface area contributed by atoms with Crippen LogP contribution in [0.3, 0.4) is 0 Å². The number of nitrogens with zero attached hydrogens (tertiary/aromatic N) is 1. The molecule has 2 unspecified atom stereocenters. The molecule has 14 heavy (non-hydrogen) atoms. The molecule has 1 saturated carbocycles. The van der Waals surface area contributed by atoms with Gasteiger partial charge in [-0.2, -0.15) is 0 Å². The van der Waals surface area contributed by atoms with E-state index in [1.807, 2.05) is 0 Å². The molecule has 0 radical (unpaired) electrons. The van der Waals surface area contributed by atoms with Crippen molar-refractivity contribution in [2.45, 2.75) is 65.5 Å². The second-order valence-electron chi connectivity index (χ2n) is 7.19. The van der Waals surface area contributed by atoms with Crippen molar-refractivity contribution in [2.24, 2.45) is 11.3 Å². The minimum absolute atomic E-state index is 0.346. The SMILES string of the molecule is CC(C)(C)N1CCC2CC21C(C)(C)C. The van der Waals surface area contributed by atoms with Crippen molar-refractivity contribution in [3.8, 4) is 0 Å². The molecular weight excluding hydrogens is 170 g/mol. The zero-order chi connectivity index (χ0) is 10.8. The number of likely N-dealkylation sites (tertiary alicyclic amines) is 1. The van der Waals surface area contributed by atoms with Crippen molar-refractivity contribution in [1.29, 1.82) is 0 Å². The summed E-state index contributed by atoms with van der Waals surface area (Å²) in [5.41, 5.74) is 1.32. The lowest BCUT2D eigenvalue weighted by atomic mass is 9.80. The second kappa shape index (κ2) is 2.55. The molecule has 1 nitrogen and oxygen atoms in total. The van der Waals surface area contributed by atoms with Crippen molar-refractivity contribution < 1.29 is 0 Å². The first-order valence-electron chi connectivity index (χ1n) is 5.97. The third kappa shape index (κ3) is 1.18. The van der Waals surface area contributed by atoms with E-state index in [0.717, 1.165) is 5.92 Å². The summed E-state index contributed by atoms with van der Waals surface area (Å²) in [6.07, 6.45) is 2.86. The summed E-state index contributed by atoms with van der Waals surface area (Å²) in [4.78, 5) is 2.77. The van der Waals surface area contributed by atoms with Crippen LogP contribution < -0.4 is 0 Å². The van der Waals surface area contributed by atoms with Gasteiger partial charge < -0.3 is 0 Å². The monoisotopic (exact) mass is 195 g/mol. The predicted molar refractivity (Wildman–Crippen MR) is 61.4 cm³/mol. The normalized spacial score (nSPS) is 38.6. The molecule has 2 aliphatic rings. The molecule has 1 heterocycles. The highest BCUT2D eigenvalue weighted by Crippen LogP contribution is 2.65. The predicted octanol–water partition coefficient (Wildman–Crippen LogP) is 3.30. The van der Waals surface area contributed by atoms with Crippen molar-refractivity contribution >= 4 is 0 Å². The Hall–Kier alpha value is -0.0400. The smallest absolute Gasteiger partial charge is 0.0295 e. The quantitative estimate of drug-likeness (QED) is 0.573. The molecule has 2 atom stereocenters. The van der Waals surface area contributed by atoms with Gasteiger partial charge in [-0.3, -0.25) is 4.90 Å². The minimum Gasteiger partial charge on any atom is -0.292 e. The fourth-order valence-corrected chi connectivity index (χ4v) is 3.73. The highest BCUT2D eigenvalue weighted by atomic mass is 15.3. The highest BCUT2D eigenvalue weighted by molar-refractivity contribution is 5.22. The first-order valence-corrected chi connectivity index (χ1v) is 5.97. The first-order chi connectivity index (χ1) is 6.19. The fourth-order valence-electron chi connectivity index (χ4n) is 3.73. The van der Waals surface area contributed by atoms with Crippen LogP contribution >= 0.6 is 0 Å². The zero-order valence-corrected chi connectivity index (χ0v) is 10.6. The van der Waals surface area contributed by atoms with E-state index in [9.17, 15) is 0 Å². The van der Waals surface area contributed by atoms with E-state index in [2.05, 4.69) is 46.4 Å². The molecule has 0 amide bonds. The van der Waals surface area contributed by atoms with Crippen molar-refractivity contribution in [2.75, 3.05) is 6.54 Å². The standard InChI is InChI=1S/C13H25N/c1-11(2,3)13-9-10(13)7-8-14(13)12(4,5)6/h10H,7-9H2,1-6H3. The molecule has 82 valence electrons. The summed E-state index contributed by atoms with van der Waals surface area (Å²) in [7, 11) is 0.